The standard InChI is InChI=1S/C16H29NOS/c1-5-6-7-8-9-10-11-17-16(4,18)15-14(3)13(2)12-19-15/h12,17-18H,5-11H2,1-4H3. The molecule has 0 amide bonds. The van der Waals surface area contributed by atoms with Crippen LogP contribution in [0.4, 0.5) is 0 Å². The Morgan fingerprint density at radius 3 is 2.37 bits per heavy atom. The lowest BCUT2D eigenvalue weighted by atomic mass is 10.1. The smallest absolute Gasteiger partial charge is 0.148 e. The maximum absolute atomic E-state index is 10.5. The second-order valence-corrected chi connectivity index (χ2v) is 6.52. The van der Waals surface area contributed by atoms with E-state index in [9.17, 15) is 5.11 Å². The highest BCUT2D eigenvalue weighted by Gasteiger charge is 2.26. The van der Waals surface area contributed by atoms with Crippen molar-refractivity contribution in [2.75, 3.05) is 6.54 Å². The summed E-state index contributed by atoms with van der Waals surface area (Å²) in [5.74, 6) is 0. The number of rotatable bonds is 9. The number of aliphatic hydroxyl groups is 1. The summed E-state index contributed by atoms with van der Waals surface area (Å²) in [6.45, 7) is 9.17. The van der Waals surface area contributed by atoms with E-state index in [1.54, 1.807) is 11.3 Å². The van der Waals surface area contributed by atoms with Crippen LogP contribution in [0, 0.1) is 13.8 Å². The van der Waals surface area contributed by atoms with Gasteiger partial charge in [-0.05, 0) is 50.2 Å². The molecule has 0 aromatic carbocycles. The van der Waals surface area contributed by atoms with Gasteiger partial charge in [0.25, 0.3) is 0 Å². The summed E-state index contributed by atoms with van der Waals surface area (Å²) in [6.07, 6.45) is 7.70. The monoisotopic (exact) mass is 283 g/mol. The Morgan fingerprint density at radius 2 is 1.79 bits per heavy atom. The van der Waals surface area contributed by atoms with Gasteiger partial charge in [-0.25, -0.2) is 0 Å². The number of hydrogen-bond donors (Lipinski definition) is 2. The first-order valence-electron chi connectivity index (χ1n) is 7.51. The molecule has 0 radical (unpaired) electrons. The van der Waals surface area contributed by atoms with Crippen LogP contribution in [-0.4, -0.2) is 11.7 Å². The van der Waals surface area contributed by atoms with E-state index in [1.165, 1.54) is 43.2 Å². The molecule has 1 unspecified atom stereocenters. The van der Waals surface area contributed by atoms with E-state index >= 15 is 0 Å². The van der Waals surface area contributed by atoms with Crippen molar-refractivity contribution < 1.29 is 5.11 Å². The molecule has 0 fully saturated rings. The van der Waals surface area contributed by atoms with Crippen molar-refractivity contribution in [1.29, 1.82) is 0 Å². The second kappa shape index (κ2) is 8.03. The molecule has 0 aliphatic rings. The molecule has 0 saturated carbocycles. The quantitative estimate of drug-likeness (QED) is 0.517. The first-order chi connectivity index (χ1) is 8.99. The Balaban J connectivity index is 2.29. The zero-order valence-electron chi connectivity index (χ0n) is 12.9. The molecule has 0 saturated heterocycles. The molecule has 1 aromatic heterocycles. The number of aryl methyl sites for hydroxylation is 1. The van der Waals surface area contributed by atoms with Crippen molar-refractivity contribution in [1.82, 2.24) is 5.32 Å². The van der Waals surface area contributed by atoms with Crippen molar-refractivity contribution in [2.24, 2.45) is 0 Å². The van der Waals surface area contributed by atoms with E-state index in [2.05, 4.69) is 31.5 Å². The van der Waals surface area contributed by atoms with Crippen LogP contribution in [0.3, 0.4) is 0 Å². The van der Waals surface area contributed by atoms with Crippen molar-refractivity contribution in [3.63, 3.8) is 0 Å². The molecule has 110 valence electrons. The van der Waals surface area contributed by atoms with Gasteiger partial charge in [0.05, 0.1) is 4.88 Å². The van der Waals surface area contributed by atoms with Crippen LogP contribution in [0.15, 0.2) is 5.38 Å². The van der Waals surface area contributed by atoms with Crippen LogP contribution in [-0.2, 0) is 5.72 Å². The third-order valence-electron chi connectivity index (χ3n) is 3.73. The maximum Gasteiger partial charge on any atom is 0.148 e. The van der Waals surface area contributed by atoms with Gasteiger partial charge in [-0.1, -0.05) is 39.0 Å². The summed E-state index contributed by atoms with van der Waals surface area (Å²) in [7, 11) is 0. The van der Waals surface area contributed by atoms with E-state index in [4.69, 9.17) is 0 Å². The Bertz CT molecular complexity index is 371. The summed E-state index contributed by atoms with van der Waals surface area (Å²) in [6, 6.07) is 0. The fourth-order valence-electron chi connectivity index (χ4n) is 2.30. The van der Waals surface area contributed by atoms with Crippen LogP contribution < -0.4 is 5.32 Å². The Kier molecular flexibility index (Phi) is 7.05. The zero-order chi connectivity index (χ0) is 14.3. The normalized spacial score (nSPS) is 14.6. The molecule has 0 aliphatic carbocycles. The van der Waals surface area contributed by atoms with Crippen LogP contribution >= 0.6 is 11.3 Å². The van der Waals surface area contributed by atoms with Gasteiger partial charge < -0.3 is 5.11 Å². The van der Waals surface area contributed by atoms with Gasteiger partial charge in [-0.2, -0.15) is 0 Å². The fraction of sp³-hybridized carbons (Fsp3) is 0.750. The fourth-order valence-corrected chi connectivity index (χ4v) is 3.41. The van der Waals surface area contributed by atoms with Crippen LogP contribution in [0.25, 0.3) is 0 Å². The third-order valence-corrected chi connectivity index (χ3v) is 5.14. The summed E-state index contributed by atoms with van der Waals surface area (Å²) in [4.78, 5) is 1.05. The summed E-state index contributed by atoms with van der Waals surface area (Å²) < 4.78 is 0. The molecule has 0 aliphatic heterocycles. The highest BCUT2D eigenvalue weighted by molar-refractivity contribution is 7.10. The first-order valence-corrected chi connectivity index (χ1v) is 8.39. The molecule has 0 bridgehead atoms. The lowest BCUT2D eigenvalue weighted by molar-refractivity contribution is 0.0229. The lowest BCUT2D eigenvalue weighted by Gasteiger charge is -2.25. The SMILES string of the molecule is CCCCCCCCNC(C)(O)c1scc(C)c1C. The Morgan fingerprint density at radius 1 is 1.16 bits per heavy atom. The van der Waals surface area contributed by atoms with Crippen molar-refractivity contribution >= 4 is 11.3 Å². The summed E-state index contributed by atoms with van der Waals surface area (Å²) >= 11 is 1.65. The molecule has 1 atom stereocenters. The number of nitrogens with one attached hydrogen (secondary N) is 1. The van der Waals surface area contributed by atoms with Gasteiger partial charge in [-0.15, -0.1) is 11.3 Å². The first kappa shape index (κ1) is 16.7. The van der Waals surface area contributed by atoms with Gasteiger partial charge in [0.1, 0.15) is 5.72 Å². The predicted octanol–water partition coefficient (Wildman–Crippen LogP) is 4.48. The molecule has 3 heteroatoms. The van der Waals surface area contributed by atoms with Crippen LogP contribution in [0.1, 0.15) is 68.4 Å². The minimum Gasteiger partial charge on any atom is -0.371 e. The van der Waals surface area contributed by atoms with E-state index in [0.29, 0.717) is 0 Å². The van der Waals surface area contributed by atoms with Gasteiger partial charge in [0.15, 0.2) is 0 Å². The molecule has 1 rings (SSSR count). The molecule has 1 aromatic rings. The van der Waals surface area contributed by atoms with Gasteiger partial charge >= 0.3 is 0 Å². The summed E-state index contributed by atoms with van der Waals surface area (Å²) in [5.41, 5.74) is 1.60. The predicted molar refractivity (Wildman–Crippen MR) is 84.7 cm³/mol. The van der Waals surface area contributed by atoms with Crippen molar-refractivity contribution in [3.05, 3.63) is 21.4 Å². The molecule has 1 heterocycles. The number of thiophene rings is 1. The third kappa shape index (κ3) is 5.25. The van der Waals surface area contributed by atoms with Crippen LogP contribution in [0.5, 0.6) is 0 Å². The minimum atomic E-state index is -0.883. The van der Waals surface area contributed by atoms with Crippen molar-refractivity contribution in [3.8, 4) is 0 Å². The molecular weight excluding hydrogens is 254 g/mol. The lowest BCUT2D eigenvalue weighted by Crippen LogP contribution is -2.39. The highest BCUT2D eigenvalue weighted by atomic mass is 32.1. The molecule has 2 nitrogen and oxygen atoms in total. The summed E-state index contributed by atoms with van der Waals surface area (Å²) in [5, 5.41) is 15.9. The molecule has 19 heavy (non-hydrogen) atoms. The maximum atomic E-state index is 10.5. The highest BCUT2D eigenvalue weighted by Crippen LogP contribution is 2.29. The van der Waals surface area contributed by atoms with Crippen molar-refractivity contribution in [2.45, 2.75) is 71.9 Å². The average Bonchev–Trinajstić information content (AvgIpc) is 2.69. The van der Waals surface area contributed by atoms with E-state index in [1.807, 2.05) is 6.92 Å². The Labute approximate surface area is 122 Å². The molecule has 0 spiro atoms. The van der Waals surface area contributed by atoms with E-state index in [-0.39, 0.29) is 0 Å². The van der Waals surface area contributed by atoms with Gasteiger partial charge in [-0.3, -0.25) is 5.32 Å². The minimum absolute atomic E-state index is 0.883. The second-order valence-electron chi connectivity index (χ2n) is 5.64. The topological polar surface area (TPSA) is 32.3 Å². The number of unbranched alkanes of at least 4 members (excludes halogenated alkanes) is 5. The Hall–Kier alpha value is -0.380. The molecule has 2 N–H and O–H groups in total. The molecular formula is C16H29NOS. The zero-order valence-corrected chi connectivity index (χ0v) is 13.7. The largest absolute Gasteiger partial charge is 0.371 e. The van der Waals surface area contributed by atoms with E-state index in [0.717, 1.165) is 17.8 Å². The van der Waals surface area contributed by atoms with Crippen LogP contribution in [0.2, 0.25) is 0 Å². The van der Waals surface area contributed by atoms with Gasteiger partial charge in [0, 0.05) is 0 Å². The van der Waals surface area contributed by atoms with Gasteiger partial charge in [0.2, 0.25) is 0 Å². The number of hydrogen-bond acceptors (Lipinski definition) is 3. The average molecular weight is 283 g/mol. The van der Waals surface area contributed by atoms with E-state index < -0.39 is 5.72 Å².